The molecule has 0 aromatic heterocycles. The Morgan fingerprint density at radius 1 is 0.778 bits per heavy atom. The molecule has 0 unspecified atom stereocenters. The summed E-state index contributed by atoms with van der Waals surface area (Å²) in [6, 6.07) is -0.484. The zero-order valence-electron chi connectivity index (χ0n) is 23.7. The molecule has 0 N–H and O–H groups in total. The van der Waals surface area contributed by atoms with E-state index in [1.54, 1.807) is 6.08 Å². The number of imide groups is 2. The Bertz CT molecular complexity index is 730. The van der Waals surface area contributed by atoms with Crippen molar-refractivity contribution in [1.82, 2.24) is 9.80 Å². The molecule has 0 saturated carbocycles. The van der Waals surface area contributed by atoms with E-state index in [2.05, 4.69) is 25.3 Å². The van der Waals surface area contributed by atoms with Crippen LogP contribution in [0.25, 0.3) is 0 Å². The lowest BCUT2D eigenvalue weighted by atomic mass is 10.1. The fraction of sp³-hybridized carbons (Fsp3) is 0.710. The minimum absolute atomic E-state index is 0.305. The van der Waals surface area contributed by atoms with Gasteiger partial charge >= 0.3 is 6.03 Å². The first-order valence-corrected chi connectivity index (χ1v) is 14.2. The van der Waals surface area contributed by atoms with Gasteiger partial charge in [0.15, 0.2) is 0 Å². The lowest BCUT2D eigenvalue weighted by Gasteiger charge is -2.27. The number of allylic oxidation sites excluding steroid dienone is 2. The number of hydrogen-bond donors (Lipinski definition) is 0. The smallest absolute Gasteiger partial charge is 0.275 e. The zero-order valence-corrected chi connectivity index (χ0v) is 23.7. The van der Waals surface area contributed by atoms with Crippen molar-refractivity contribution in [1.29, 1.82) is 0 Å². The molecule has 5 heteroatoms. The van der Waals surface area contributed by atoms with Gasteiger partial charge in [-0.1, -0.05) is 69.9 Å². The molecule has 4 amide bonds. The molecular formula is C31H52N2O3. The standard InChI is InChI=1S/C31H52N2O3/c1-6-9-12-15-17-20-23-26-33(30(35)27-28(4)24-21-18-14-11-8-3)31(36)32(29(5)34)25-22-19-16-13-10-7-2/h7,27H,2,8,10-26H2,1,3-5H3. The Balaban J connectivity index is 5.15. The Hall–Kier alpha value is -2.35. The highest BCUT2D eigenvalue weighted by molar-refractivity contribution is 6.05. The summed E-state index contributed by atoms with van der Waals surface area (Å²) in [6.45, 7) is 11.8. The number of urea groups is 1. The number of hydrogen-bond acceptors (Lipinski definition) is 3. The quantitative estimate of drug-likeness (QED) is 0.0732. The Morgan fingerprint density at radius 3 is 1.97 bits per heavy atom. The van der Waals surface area contributed by atoms with Crippen LogP contribution in [-0.2, 0) is 9.59 Å². The highest BCUT2D eigenvalue weighted by Crippen LogP contribution is 2.14. The minimum atomic E-state index is -0.484. The molecule has 0 bridgehead atoms. The predicted octanol–water partition coefficient (Wildman–Crippen LogP) is 8.20. The highest BCUT2D eigenvalue weighted by atomic mass is 16.2. The molecule has 0 radical (unpaired) electrons. The average molecular weight is 501 g/mol. The van der Waals surface area contributed by atoms with E-state index in [-0.39, 0.29) is 11.8 Å². The van der Waals surface area contributed by atoms with Crippen LogP contribution in [0.15, 0.2) is 24.3 Å². The van der Waals surface area contributed by atoms with Crippen molar-refractivity contribution < 1.29 is 14.4 Å². The fourth-order valence-corrected chi connectivity index (χ4v) is 4.08. The maximum absolute atomic E-state index is 13.4. The lowest BCUT2D eigenvalue weighted by molar-refractivity contribution is -0.128. The van der Waals surface area contributed by atoms with E-state index in [4.69, 9.17) is 0 Å². The van der Waals surface area contributed by atoms with Crippen LogP contribution in [0, 0.1) is 11.8 Å². The van der Waals surface area contributed by atoms with Gasteiger partial charge in [0.25, 0.3) is 5.91 Å². The van der Waals surface area contributed by atoms with E-state index < -0.39 is 6.03 Å². The number of nitrogens with zero attached hydrogens (tertiary/aromatic N) is 2. The van der Waals surface area contributed by atoms with Gasteiger partial charge in [-0.15, -0.1) is 18.4 Å². The first-order chi connectivity index (χ1) is 17.4. The van der Waals surface area contributed by atoms with Gasteiger partial charge in [0.2, 0.25) is 5.91 Å². The first kappa shape index (κ1) is 33.7. The Labute approximate surface area is 221 Å². The van der Waals surface area contributed by atoms with E-state index in [0.29, 0.717) is 13.1 Å². The maximum atomic E-state index is 13.4. The van der Waals surface area contributed by atoms with Crippen LogP contribution >= 0.6 is 0 Å². The van der Waals surface area contributed by atoms with Crippen LogP contribution in [0.2, 0.25) is 0 Å². The summed E-state index contributed by atoms with van der Waals surface area (Å²) in [5.41, 5.74) is 0.990. The largest absolute Gasteiger partial charge is 0.333 e. The van der Waals surface area contributed by atoms with Crippen molar-refractivity contribution >= 4 is 17.8 Å². The summed E-state index contributed by atoms with van der Waals surface area (Å²) in [5, 5.41) is 0. The van der Waals surface area contributed by atoms with Gasteiger partial charge in [-0.3, -0.25) is 19.4 Å². The van der Waals surface area contributed by atoms with Gasteiger partial charge < -0.3 is 0 Å². The number of unbranched alkanes of at least 4 members (excludes halogenated alkanes) is 12. The zero-order chi connectivity index (χ0) is 27.0. The predicted molar refractivity (Wildman–Crippen MR) is 151 cm³/mol. The van der Waals surface area contributed by atoms with Crippen molar-refractivity contribution in [2.45, 2.75) is 130 Å². The number of carbonyl (C=O) groups is 3. The summed E-state index contributed by atoms with van der Waals surface area (Å²) in [4.78, 5) is 41.4. The van der Waals surface area contributed by atoms with E-state index in [1.165, 1.54) is 36.0 Å². The molecule has 0 heterocycles. The van der Waals surface area contributed by atoms with E-state index in [1.807, 2.05) is 19.9 Å². The summed E-state index contributed by atoms with van der Waals surface area (Å²) < 4.78 is 0. The van der Waals surface area contributed by atoms with Gasteiger partial charge in [0, 0.05) is 32.5 Å². The van der Waals surface area contributed by atoms with E-state index in [9.17, 15) is 14.4 Å². The molecule has 0 aromatic carbocycles. The molecule has 0 aromatic rings. The minimum Gasteiger partial charge on any atom is -0.275 e. The first-order valence-electron chi connectivity index (χ1n) is 14.2. The molecule has 0 fully saturated rings. The van der Waals surface area contributed by atoms with Crippen LogP contribution in [0.5, 0.6) is 0 Å². The third-order valence-electron chi connectivity index (χ3n) is 6.30. The van der Waals surface area contributed by atoms with Crippen LogP contribution in [0.3, 0.4) is 0 Å². The second kappa shape index (κ2) is 23.1. The average Bonchev–Trinajstić information content (AvgIpc) is 2.84. The van der Waals surface area contributed by atoms with Crippen LogP contribution < -0.4 is 0 Å². The monoisotopic (exact) mass is 500 g/mol. The van der Waals surface area contributed by atoms with E-state index >= 15 is 0 Å². The second-order valence-corrected chi connectivity index (χ2v) is 9.68. The molecule has 0 spiro atoms. The molecule has 0 atom stereocenters. The second-order valence-electron chi connectivity index (χ2n) is 9.68. The van der Waals surface area contributed by atoms with Gasteiger partial charge in [-0.2, -0.15) is 0 Å². The number of carbonyl (C=O) groups excluding carboxylic acids is 3. The molecule has 36 heavy (non-hydrogen) atoms. The van der Waals surface area contributed by atoms with Crippen molar-refractivity contribution in [3.8, 4) is 11.8 Å². The van der Waals surface area contributed by atoms with Crippen molar-refractivity contribution in [3.05, 3.63) is 24.3 Å². The van der Waals surface area contributed by atoms with Crippen LogP contribution in [-0.4, -0.2) is 40.7 Å². The van der Waals surface area contributed by atoms with Crippen molar-refractivity contribution in [2.75, 3.05) is 13.1 Å². The topological polar surface area (TPSA) is 57.7 Å². The van der Waals surface area contributed by atoms with Gasteiger partial charge in [0.1, 0.15) is 0 Å². The third kappa shape index (κ3) is 17.1. The molecule has 204 valence electrons. The molecule has 0 saturated heterocycles. The Morgan fingerprint density at radius 2 is 1.36 bits per heavy atom. The van der Waals surface area contributed by atoms with Crippen LogP contribution in [0.4, 0.5) is 4.79 Å². The molecule has 0 rings (SSSR count). The SMILES string of the molecule is C=CCCCCCCN(C(C)=O)C(=O)N(CCCCCCC#CC)C(=O)C=C(C)CCCCCCC. The normalized spacial score (nSPS) is 10.9. The van der Waals surface area contributed by atoms with Gasteiger partial charge in [0.05, 0.1) is 0 Å². The molecule has 0 aliphatic carbocycles. The Kier molecular flexibility index (Phi) is 21.6. The molecule has 0 aliphatic rings. The summed E-state index contributed by atoms with van der Waals surface area (Å²) in [5.74, 6) is 5.37. The van der Waals surface area contributed by atoms with Gasteiger partial charge in [-0.05, 0) is 58.8 Å². The molecule has 0 aliphatic heterocycles. The maximum Gasteiger partial charge on any atom is 0.333 e. The summed E-state index contributed by atoms with van der Waals surface area (Å²) in [7, 11) is 0. The van der Waals surface area contributed by atoms with Gasteiger partial charge in [-0.25, -0.2) is 4.79 Å². The third-order valence-corrected chi connectivity index (χ3v) is 6.30. The summed E-state index contributed by atoms with van der Waals surface area (Å²) in [6.07, 6.45) is 19.6. The van der Waals surface area contributed by atoms with Crippen molar-refractivity contribution in [3.63, 3.8) is 0 Å². The lowest BCUT2D eigenvalue weighted by Crippen LogP contribution is -2.48. The number of rotatable bonds is 20. The molecule has 5 nitrogen and oxygen atoms in total. The highest BCUT2D eigenvalue weighted by Gasteiger charge is 2.27. The number of amides is 4. The van der Waals surface area contributed by atoms with Crippen LogP contribution in [0.1, 0.15) is 130 Å². The fourth-order valence-electron chi connectivity index (χ4n) is 4.08. The summed E-state index contributed by atoms with van der Waals surface area (Å²) >= 11 is 0. The van der Waals surface area contributed by atoms with E-state index in [0.717, 1.165) is 89.0 Å². The van der Waals surface area contributed by atoms with Crippen molar-refractivity contribution in [2.24, 2.45) is 0 Å². The molecular weight excluding hydrogens is 448 g/mol.